The van der Waals surface area contributed by atoms with Crippen LogP contribution in [0.2, 0.25) is 0 Å². The highest BCUT2D eigenvalue weighted by molar-refractivity contribution is 5.89. The molecule has 1 spiro atoms. The van der Waals surface area contributed by atoms with Gasteiger partial charge in [-0.05, 0) is 51.1 Å². The summed E-state index contributed by atoms with van der Waals surface area (Å²) in [5.74, 6) is -11.1. The second kappa shape index (κ2) is 13.8. The highest BCUT2D eigenvalue weighted by Gasteiger charge is 2.72. The molecule has 0 saturated carbocycles. The summed E-state index contributed by atoms with van der Waals surface area (Å²) >= 11 is 0. The molecule has 0 amide bonds. The number of aliphatic hydroxyl groups is 2. The number of carboxylic acid groups (broad SMARTS) is 3. The summed E-state index contributed by atoms with van der Waals surface area (Å²) in [5.41, 5.74) is -1.10. The third kappa shape index (κ3) is 6.66. The zero-order valence-corrected chi connectivity index (χ0v) is 27.2. The van der Waals surface area contributed by atoms with Crippen LogP contribution in [0.15, 0.2) is 24.0 Å². The fourth-order valence-corrected chi connectivity index (χ4v) is 7.26. The molecule has 1 aromatic carbocycles. The molecule has 8 atom stereocenters. The largest absolute Gasteiger partial charge is 0.504 e. The Morgan fingerprint density at radius 2 is 1.65 bits per heavy atom. The number of aliphatic carboxylic acids is 3. The minimum atomic E-state index is -2.25. The number of esters is 4. The smallest absolute Gasteiger partial charge is 0.348 e. The minimum Gasteiger partial charge on any atom is -0.504 e. The van der Waals surface area contributed by atoms with Crippen molar-refractivity contribution in [3.63, 3.8) is 0 Å². The van der Waals surface area contributed by atoms with Crippen molar-refractivity contribution in [1.82, 2.24) is 4.90 Å². The molecule has 2 aliphatic heterocycles. The number of benzene rings is 1. The molecule has 19 nitrogen and oxygen atoms in total. The Balaban J connectivity index is 1.35. The van der Waals surface area contributed by atoms with Gasteiger partial charge in [0, 0.05) is 18.0 Å². The Kier molecular flexibility index (Phi) is 10.0. The van der Waals surface area contributed by atoms with Gasteiger partial charge in [-0.15, -0.1) is 0 Å². The number of hydrogen-bond acceptors (Lipinski definition) is 16. The first-order chi connectivity index (χ1) is 23.9. The van der Waals surface area contributed by atoms with E-state index in [2.05, 4.69) is 4.74 Å². The summed E-state index contributed by atoms with van der Waals surface area (Å²) in [6, 6.07) is 2.86. The van der Waals surface area contributed by atoms with E-state index in [9.17, 15) is 48.9 Å². The molecule has 0 unspecified atom stereocenters. The molecule has 2 aliphatic carbocycles. The number of phenols is 1. The lowest BCUT2D eigenvalue weighted by molar-refractivity contribution is -0.185. The van der Waals surface area contributed by atoms with Crippen LogP contribution in [0.5, 0.6) is 11.5 Å². The van der Waals surface area contributed by atoms with Crippen molar-refractivity contribution >= 4 is 41.8 Å². The maximum absolute atomic E-state index is 13.4. The predicted molar refractivity (Wildman–Crippen MR) is 161 cm³/mol. The first-order valence-corrected chi connectivity index (χ1v) is 15.7. The average molecular weight is 722 g/mol. The molecule has 0 radical (unpaired) electrons. The highest BCUT2D eigenvalue weighted by atomic mass is 16.6. The Morgan fingerprint density at radius 1 is 0.941 bits per heavy atom. The quantitative estimate of drug-likeness (QED) is 0.0966. The van der Waals surface area contributed by atoms with Crippen LogP contribution in [0.4, 0.5) is 0 Å². The first-order valence-electron chi connectivity index (χ1n) is 15.7. The lowest BCUT2D eigenvalue weighted by atomic mass is 9.50. The molecule has 1 saturated heterocycles. The van der Waals surface area contributed by atoms with Crippen LogP contribution >= 0.6 is 0 Å². The van der Waals surface area contributed by atoms with Crippen LogP contribution < -0.4 is 4.74 Å². The van der Waals surface area contributed by atoms with Crippen LogP contribution in [0.25, 0.3) is 0 Å². The van der Waals surface area contributed by atoms with E-state index in [1.54, 1.807) is 6.07 Å². The van der Waals surface area contributed by atoms with E-state index in [4.69, 9.17) is 34.3 Å². The van der Waals surface area contributed by atoms with E-state index < -0.39 is 103 Å². The molecule has 1 fully saturated rings. The molecule has 4 aliphatic rings. The van der Waals surface area contributed by atoms with Crippen molar-refractivity contribution in [3.05, 3.63) is 35.1 Å². The normalized spacial score (nSPS) is 26.5. The molecule has 2 bridgehead atoms. The third-order valence-corrected chi connectivity index (χ3v) is 9.64. The summed E-state index contributed by atoms with van der Waals surface area (Å²) < 4.78 is 26.3. The molecule has 276 valence electrons. The zero-order valence-electron chi connectivity index (χ0n) is 27.2. The van der Waals surface area contributed by atoms with E-state index >= 15 is 0 Å². The molecule has 51 heavy (non-hydrogen) atoms. The van der Waals surface area contributed by atoms with Crippen LogP contribution in [0, 0.1) is 0 Å². The van der Waals surface area contributed by atoms with E-state index in [0.29, 0.717) is 24.9 Å². The van der Waals surface area contributed by atoms with Gasteiger partial charge >= 0.3 is 41.8 Å². The summed E-state index contributed by atoms with van der Waals surface area (Å²) in [6.45, 7) is 1.44. The van der Waals surface area contributed by atoms with Crippen LogP contribution in [-0.2, 0) is 64.3 Å². The SMILES string of the molecule is C[C@H](OC(=O)[C@H](CC(=O)OC1=CC[C@@]2(O)[C@@H]3Cc4ccc(O)c5c4[C@@]2(CCN3C)[C@H]1O5)OC(=O)C[C@H](O)C(=O)O)C(=O)O[C@H](CC(=O)O)C(=O)O. The Hall–Kier alpha value is -5.27. The van der Waals surface area contributed by atoms with Crippen LogP contribution in [0.1, 0.15) is 50.2 Å². The fraction of sp³-hybridized carbons (Fsp3) is 0.531. The van der Waals surface area contributed by atoms with Gasteiger partial charge in [0.25, 0.3) is 0 Å². The van der Waals surface area contributed by atoms with Gasteiger partial charge in [0.2, 0.25) is 12.2 Å². The predicted octanol–water partition coefficient (Wildman–Crippen LogP) is -1.25. The van der Waals surface area contributed by atoms with Gasteiger partial charge < -0.3 is 59.2 Å². The van der Waals surface area contributed by atoms with Gasteiger partial charge in [-0.3, -0.25) is 14.4 Å². The molecule has 5 rings (SSSR count). The number of carbonyl (C=O) groups is 7. The van der Waals surface area contributed by atoms with Crippen molar-refractivity contribution in [2.24, 2.45) is 0 Å². The Labute approximate surface area is 287 Å². The second-order valence-corrected chi connectivity index (χ2v) is 12.8. The summed E-state index contributed by atoms with van der Waals surface area (Å²) in [4.78, 5) is 86.6. The topological polar surface area (TPSA) is 290 Å². The van der Waals surface area contributed by atoms with Gasteiger partial charge in [0.1, 0.15) is 5.76 Å². The first kappa shape index (κ1) is 37.0. The van der Waals surface area contributed by atoms with E-state index in [1.165, 1.54) is 12.1 Å². The molecule has 19 heteroatoms. The number of piperidine rings is 1. The monoisotopic (exact) mass is 721 g/mol. The molecule has 2 heterocycles. The Bertz CT molecular complexity index is 1700. The second-order valence-electron chi connectivity index (χ2n) is 12.8. The number of carbonyl (C=O) groups excluding carboxylic acids is 4. The number of ether oxygens (including phenoxy) is 5. The van der Waals surface area contributed by atoms with Gasteiger partial charge in [-0.2, -0.15) is 0 Å². The van der Waals surface area contributed by atoms with Gasteiger partial charge in [-0.1, -0.05) is 6.07 Å². The number of likely N-dealkylation sites (tertiary alicyclic amines) is 1. The van der Waals surface area contributed by atoms with Crippen molar-refractivity contribution in [3.8, 4) is 11.5 Å². The standard InChI is InChI=1S/C32H35NO18/c1-13(29(44)50-18(28(42)43)11-21(36)37)47-30(45)19(49-22(38)10-16(35)27(40)41)12-23(39)48-17-5-6-32(46)20-9-14-3-4-15(34)25-24(14)31(32,26(17)51-25)7-8-33(20)2/h3-5,13,16,18-20,26,34-35,46H,6-12H2,1-2H3,(H,36,37)(H,40,41)(H,42,43)/t13-,16-,18+,19-,20-,26-,31-,32+/m0/s1. The third-order valence-electron chi connectivity index (χ3n) is 9.64. The number of likely N-dealkylation sites (N-methyl/N-ethyl adjacent to an activating group) is 1. The van der Waals surface area contributed by atoms with Gasteiger partial charge in [-0.25, -0.2) is 19.2 Å². The Morgan fingerprint density at radius 3 is 2.29 bits per heavy atom. The number of rotatable bonds is 14. The number of nitrogens with zero attached hydrogens (tertiary/aromatic N) is 1. The van der Waals surface area contributed by atoms with E-state index in [0.717, 1.165) is 12.5 Å². The van der Waals surface area contributed by atoms with E-state index in [-0.39, 0.29) is 29.7 Å². The molecule has 0 aromatic heterocycles. The summed E-state index contributed by atoms with van der Waals surface area (Å²) in [6.07, 6.45) is -10.8. The average Bonchev–Trinajstić information content (AvgIpc) is 3.40. The van der Waals surface area contributed by atoms with Crippen molar-refractivity contribution in [2.45, 2.75) is 93.0 Å². The number of aromatic hydroxyl groups is 1. The zero-order chi connectivity index (χ0) is 37.6. The number of aliphatic hydroxyl groups excluding tert-OH is 1. The lowest BCUT2D eigenvalue weighted by Gasteiger charge is -2.61. The highest BCUT2D eigenvalue weighted by Crippen LogP contribution is 2.65. The van der Waals surface area contributed by atoms with Crippen molar-refractivity contribution in [1.29, 1.82) is 0 Å². The summed E-state index contributed by atoms with van der Waals surface area (Å²) in [7, 11) is 1.88. The van der Waals surface area contributed by atoms with Gasteiger partial charge in [0.15, 0.2) is 29.8 Å². The minimum absolute atomic E-state index is 0.00535. The van der Waals surface area contributed by atoms with Crippen LogP contribution in [-0.4, -0.2) is 133 Å². The van der Waals surface area contributed by atoms with Gasteiger partial charge in [0.05, 0.1) is 30.3 Å². The van der Waals surface area contributed by atoms with Crippen molar-refractivity contribution in [2.75, 3.05) is 13.6 Å². The lowest BCUT2D eigenvalue weighted by Crippen LogP contribution is -2.74. The molecule has 1 aromatic rings. The fourth-order valence-electron chi connectivity index (χ4n) is 7.26. The molecular formula is C32H35NO18. The molecular weight excluding hydrogens is 686 g/mol. The van der Waals surface area contributed by atoms with E-state index in [1.807, 2.05) is 11.9 Å². The molecule has 6 N–H and O–H groups in total. The maximum atomic E-state index is 13.4. The summed E-state index contributed by atoms with van der Waals surface area (Å²) in [5, 5.41) is 59.4. The van der Waals surface area contributed by atoms with Crippen molar-refractivity contribution < 1.29 is 87.9 Å². The maximum Gasteiger partial charge on any atom is 0.348 e. The number of carboxylic acids is 3. The number of phenolic OH excluding ortho intramolecular Hbond substituents is 1. The van der Waals surface area contributed by atoms with Crippen LogP contribution in [0.3, 0.4) is 0 Å². The number of hydrogen-bond donors (Lipinski definition) is 6.